The van der Waals surface area contributed by atoms with Gasteiger partial charge in [-0.15, -0.1) is 0 Å². The second-order valence-corrected chi connectivity index (χ2v) is 4.18. The molecule has 1 unspecified atom stereocenters. The van der Waals surface area contributed by atoms with E-state index in [1.165, 1.54) is 7.11 Å². The van der Waals surface area contributed by atoms with Gasteiger partial charge >= 0.3 is 6.03 Å². The first-order valence-corrected chi connectivity index (χ1v) is 6.29. The van der Waals surface area contributed by atoms with E-state index in [0.29, 0.717) is 31.4 Å². The molecule has 0 radical (unpaired) electrons. The lowest BCUT2D eigenvalue weighted by Gasteiger charge is -2.17. The average molecular weight is 266 g/mol. The first-order chi connectivity index (χ1) is 9.24. The molecule has 1 aromatic rings. The fourth-order valence-electron chi connectivity index (χ4n) is 1.96. The molecule has 19 heavy (non-hydrogen) atoms. The van der Waals surface area contributed by atoms with Crippen LogP contribution in [0.25, 0.3) is 0 Å². The molecule has 0 saturated carbocycles. The predicted molar refractivity (Wildman–Crippen MR) is 68.3 cm³/mol. The summed E-state index contributed by atoms with van der Waals surface area (Å²) in [5.41, 5.74) is 0. The van der Waals surface area contributed by atoms with Crippen LogP contribution in [0.15, 0.2) is 12.4 Å². The molecule has 7 nitrogen and oxygen atoms in total. The highest BCUT2D eigenvalue weighted by Crippen LogP contribution is 2.23. The number of carbonyl (C=O) groups is 1. The van der Waals surface area contributed by atoms with Crippen LogP contribution >= 0.6 is 0 Å². The van der Waals surface area contributed by atoms with Crippen molar-refractivity contribution in [1.82, 2.24) is 20.2 Å². The van der Waals surface area contributed by atoms with E-state index >= 15 is 0 Å². The Morgan fingerprint density at radius 1 is 1.47 bits per heavy atom. The fraction of sp³-hybridized carbons (Fsp3) is 0.583. The summed E-state index contributed by atoms with van der Waals surface area (Å²) in [6.07, 6.45) is 3.79. The normalized spacial score (nSPS) is 18.2. The Bertz CT molecular complexity index is 441. The van der Waals surface area contributed by atoms with E-state index in [4.69, 9.17) is 9.47 Å². The molecule has 7 heteroatoms. The van der Waals surface area contributed by atoms with Gasteiger partial charge in [-0.05, 0) is 6.92 Å². The van der Waals surface area contributed by atoms with Crippen molar-refractivity contribution in [2.75, 3.05) is 26.7 Å². The molecule has 1 aliphatic rings. The van der Waals surface area contributed by atoms with Gasteiger partial charge in [0.1, 0.15) is 6.10 Å². The number of likely N-dealkylation sites (tertiary alicyclic amines) is 1. The summed E-state index contributed by atoms with van der Waals surface area (Å²) in [5.74, 6) is 0.728. The molecule has 1 aromatic heterocycles. The van der Waals surface area contributed by atoms with Crippen LogP contribution in [0.4, 0.5) is 4.79 Å². The number of amides is 2. The van der Waals surface area contributed by atoms with Crippen LogP contribution in [0.1, 0.15) is 13.3 Å². The van der Waals surface area contributed by atoms with Crippen molar-refractivity contribution in [3.63, 3.8) is 0 Å². The van der Waals surface area contributed by atoms with E-state index in [1.54, 1.807) is 17.3 Å². The number of hydrogen-bond acceptors (Lipinski definition) is 5. The third-order valence-corrected chi connectivity index (χ3v) is 2.87. The Labute approximate surface area is 111 Å². The van der Waals surface area contributed by atoms with E-state index in [9.17, 15) is 4.79 Å². The van der Waals surface area contributed by atoms with Crippen LogP contribution in [0.5, 0.6) is 11.8 Å². The zero-order valence-corrected chi connectivity index (χ0v) is 11.1. The van der Waals surface area contributed by atoms with Crippen LogP contribution in [0.2, 0.25) is 0 Å². The fourth-order valence-corrected chi connectivity index (χ4v) is 1.96. The molecule has 0 aromatic carbocycles. The number of aromatic nitrogens is 2. The van der Waals surface area contributed by atoms with Crippen molar-refractivity contribution >= 4 is 6.03 Å². The second kappa shape index (κ2) is 6.21. The Balaban J connectivity index is 1.93. The molecule has 1 atom stereocenters. The molecule has 2 amide bonds. The van der Waals surface area contributed by atoms with Gasteiger partial charge < -0.3 is 19.7 Å². The minimum Gasteiger partial charge on any atom is -0.477 e. The third-order valence-electron chi connectivity index (χ3n) is 2.87. The third kappa shape index (κ3) is 3.24. The summed E-state index contributed by atoms with van der Waals surface area (Å²) < 4.78 is 10.8. The lowest BCUT2D eigenvalue weighted by molar-refractivity contribution is 0.177. The number of ether oxygens (including phenoxy) is 2. The van der Waals surface area contributed by atoms with Gasteiger partial charge in [0.15, 0.2) is 0 Å². The Morgan fingerprint density at radius 3 is 2.89 bits per heavy atom. The summed E-state index contributed by atoms with van der Waals surface area (Å²) >= 11 is 0. The van der Waals surface area contributed by atoms with Crippen molar-refractivity contribution in [2.24, 2.45) is 0 Å². The zero-order valence-electron chi connectivity index (χ0n) is 11.1. The molecule has 1 aliphatic heterocycles. The first kappa shape index (κ1) is 13.4. The highest BCUT2D eigenvalue weighted by Gasteiger charge is 2.28. The number of rotatable bonds is 4. The van der Waals surface area contributed by atoms with E-state index < -0.39 is 0 Å². The van der Waals surface area contributed by atoms with Crippen LogP contribution in [-0.4, -0.2) is 53.7 Å². The topological polar surface area (TPSA) is 76.6 Å². The smallest absolute Gasteiger partial charge is 0.317 e. The van der Waals surface area contributed by atoms with E-state index in [-0.39, 0.29) is 12.1 Å². The molecule has 1 fully saturated rings. The van der Waals surface area contributed by atoms with E-state index in [2.05, 4.69) is 15.3 Å². The number of urea groups is 1. The number of nitrogens with zero attached hydrogens (tertiary/aromatic N) is 3. The van der Waals surface area contributed by atoms with Crippen molar-refractivity contribution in [2.45, 2.75) is 19.4 Å². The molecule has 1 N–H and O–H groups in total. The lowest BCUT2D eigenvalue weighted by Crippen LogP contribution is -2.39. The molecule has 0 bridgehead atoms. The summed E-state index contributed by atoms with van der Waals surface area (Å²) in [7, 11) is 1.52. The second-order valence-electron chi connectivity index (χ2n) is 4.18. The maximum Gasteiger partial charge on any atom is 0.317 e. The Kier molecular flexibility index (Phi) is 4.38. The number of methoxy groups -OCH3 is 1. The number of hydrogen-bond donors (Lipinski definition) is 1. The molecule has 0 aliphatic carbocycles. The largest absolute Gasteiger partial charge is 0.477 e. The minimum atomic E-state index is -0.0757. The number of carbonyl (C=O) groups excluding carboxylic acids is 1. The van der Waals surface area contributed by atoms with Crippen LogP contribution in [0, 0.1) is 0 Å². The van der Waals surface area contributed by atoms with E-state index in [0.717, 1.165) is 6.42 Å². The summed E-state index contributed by atoms with van der Waals surface area (Å²) in [5, 5.41) is 2.77. The Morgan fingerprint density at radius 2 is 2.21 bits per heavy atom. The quantitative estimate of drug-likeness (QED) is 0.866. The SMILES string of the molecule is CCNC(=O)N1CCC(Oc2nccnc2OC)C1. The van der Waals surface area contributed by atoms with Gasteiger partial charge in [0, 0.05) is 31.9 Å². The van der Waals surface area contributed by atoms with Gasteiger partial charge in [0.2, 0.25) is 0 Å². The maximum atomic E-state index is 11.7. The van der Waals surface area contributed by atoms with Crippen molar-refractivity contribution < 1.29 is 14.3 Å². The standard InChI is InChI=1S/C12H18N4O3/c1-3-13-12(17)16-7-4-9(8-16)19-11-10(18-2)14-5-6-15-11/h5-6,9H,3-4,7-8H2,1-2H3,(H,13,17). The summed E-state index contributed by atoms with van der Waals surface area (Å²) in [4.78, 5) is 21.5. The van der Waals surface area contributed by atoms with Gasteiger partial charge in [-0.1, -0.05) is 0 Å². The highest BCUT2D eigenvalue weighted by atomic mass is 16.5. The molecule has 104 valence electrons. The van der Waals surface area contributed by atoms with Gasteiger partial charge in [0.05, 0.1) is 13.7 Å². The van der Waals surface area contributed by atoms with Crippen LogP contribution in [-0.2, 0) is 0 Å². The maximum absolute atomic E-state index is 11.7. The average Bonchev–Trinajstić information content (AvgIpc) is 2.88. The van der Waals surface area contributed by atoms with Crippen LogP contribution < -0.4 is 14.8 Å². The molecule has 0 spiro atoms. The lowest BCUT2D eigenvalue weighted by atomic mass is 10.3. The van der Waals surface area contributed by atoms with Gasteiger partial charge in [-0.3, -0.25) is 0 Å². The van der Waals surface area contributed by atoms with Gasteiger partial charge in [-0.25, -0.2) is 14.8 Å². The number of nitrogens with one attached hydrogen (secondary N) is 1. The molecular formula is C12H18N4O3. The molecule has 1 saturated heterocycles. The van der Waals surface area contributed by atoms with Crippen molar-refractivity contribution in [1.29, 1.82) is 0 Å². The van der Waals surface area contributed by atoms with Gasteiger partial charge in [-0.2, -0.15) is 0 Å². The summed E-state index contributed by atoms with van der Waals surface area (Å²) in [6.45, 7) is 3.75. The monoisotopic (exact) mass is 266 g/mol. The molecule has 2 rings (SSSR count). The first-order valence-electron chi connectivity index (χ1n) is 6.29. The Hall–Kier alpha value is -2.05. The summed E-state index contributed by atoms with van der Waals surface area (Å²) in [6, 6.07) is -0.0558. The minimum absolute atomic E-state index is 0.0558. The van der Waals surface area contributed by atoms with Crippen molar-refractivity contribution in [3.05, 3.63) is 12.4 Å². The molecule has 2 heterocycles. The molecular weight excluding hydrogens is 248 g/mol. The van der Waals surface area contributed by atoms with Crippen LogP contribution in [0.3, 0.4) is 0 Å². The van der Waals surface area contributed by atoms with E-state index in [1.807, 2.05) is 6.92 Å². The highest BCUT2D eigenvalue weighted by molar-refractivity contribution is 5.74. The van der Waals surface area contributed by atoms with Gasteiger partial charge in [0.25, 0.3) is 11.8 Å². The predicted octanol–water partition coefficient (Wildman–Crippen LogP) is 0.668. The van der Waals surface area contributed by atoms with Crippen molar-refractivity contribution in [3.8, 4) is 11.8 Å². The zero-order chi connectivity index (χ0) is 13.7.